The number of amides is 3. The molecule has 0 atom stereocenters. The van der Waals surface area contributed by atoms with Gasteiger partial charge in [0, 0.05) is 12.1 Å². The average Bonchev–Trinajstić information content (AvgIpc) is 2.72. The van der Waals surface area contributed by atoms with E-state index in [4.69, 9.17) is 33.2 Å². The number of hydrogen-bond donors (Lipinski definition) is 2. The van der Waals surface area contributed by atoms with Gasteiger partial charge in [-0.1, -0.05) is 29.8 Å². The molecule has 0 saturated heterocycles. The predicted octanol–water partition coefficient (Wildman–Crippen LogP) is 4.30. The number of aryl methyl sites for hydroxylation is 1. The number of nitrogens with one attached hydrogen (secondary N) is 2. The summed E-state index contributed by atoms with van der Waals surface area (Å²) in [5.41, 5.74) is 2.55. The fraction of sp³-hybridized carbons (Fsp3) is 0.143. The lowest BCUT2D eigenvalue weighted by molar-refractivity contribution is 0.0946. The van der Waals surface area contributed by atoms with Gasteiger partial charge in [-0.15, -0.1) is 0 Å². The molecule has 10 heteroatoms. The summed E-state index contributed by atoms with van der Waals surface area (Å²) in [5.74, 6) is 0.597. The zero-order valence-electron chi connectivity index (χ0n) is 16.3. The summed E-state index contributed by atoms with van der Waals surface area (Å²) >= 11 is 12.8. The van der Waals surface area contributed by atoms with Crippen molar-refractivity contribution in [2.45, 2.75) is 13.3 Å². The SMILES string of the molecule is C=C1NC(=O)N(c2cc(Cl)c(Oc3cc4c(cc3C)C(=O)NCC4)c(Cl)c2)N=C1C#N. The highest BCUT2D eigenvalue weighted by molar-refractivity contribution is 6.37. The summed E-state index contributed by atoms with van der Waals surface area (Å²) in [6, 6.07) is 7.73. The Hall–Kier alpha value is -3.54. The normalized spacial score (nSPS) is 15.5. The lowest BCUT2D eigenvalue weighted by atomic mass is 9.97. The first-order chi connectivity index (χ1) is 14.8. The fourth-order valence-electron chi connectivity index (χ4n) is 3.25. The van der Waals surface area contributed by atoms with Crippen LogP contribution in [0.2, 0.25) is 10.0 Å². The molecule has 0 aromatic heterocycles. The van der Waals surface area contributed by atoms with Crippen molar-refractivity contribution in [2.75, 3.05) is 11.6 Å². The zero-order valence-corrected chi connectivity index (χ0v) is 17.8. The minimum Gasteiger partial charge on any atom is -0.454 e. The number of halogens is 2. The Morgan fingerprint density at radius 2 is 1.94 bits per heavy atom. The van der Waals surface area contributed by atoms with E-state index in [9.17, 15) is 9.59 Å². The fourth-order valence-corrected chi connectivity index (χ4v) is 3.81. The van der Waals surface area contributed by atoms with Crippen molar-refractivity contribution in [1.29, 1.82) is 5.26 Å². The van der Waals surface area contributed by atoms with Gasteiger partial charge >= 0.3 is 6.03 Å². The second kappa shape index (κ2) is 7.95. The first-order valence-corrected chi connectivity index (χ1v) is 9.91. The van der Waals surface area contributed by atoms with Gasteiger partial charge in [0.1, 0.15) is 11.8 Å². The van der Waals surface area contributed by atoms with E-state index >= 15 is 0 Å². The number of allylic oxidation sites excluding steroid dienone is 1. The maximum Gasteiger partial charge on any atom is 0.347 e. The van der Waals surface area contributed by atoms with Crippen LogP contribution in [0.5, 0.6) is 11.5 Å². The van der Waals surface area contributed by atoms with Gasteiger partial charge in [-0.3, -0.25) is 4.79 Å². The number of ether oxygens (including phenoxy) is 1. The number of nitrogens with zero attached hydrogens (tertiary/aromatic N) is 3. The Labute approximate surface area is 187 Å². The Morgan fingerprint density at radius 1 is 1.23 bits per heavy atom. The molecule has 0 radical (unpaired) electrons. The third kappa shape index (κ3) is 3.81. The van der Waals surface area contributed by atoms with Gasteiger partial charge in [0.15, 0.2) is 11.5 Å². The molecule has 2 N–H and O–H groups in total. The summed E-state index contributed by atoms with van der Waals surface area (Å²) in [6.07, 6.45) is 0.687. The molecule has 8 nitrogen and oxygen atoms in total. The second-order valence-electron chi connectivity index (χ2n) is 6.90. The Morgan fingerprint density at radius 3 is 2.61 bits per heavy atom. The number of rotatable bonds is 3. The number of urea groups is 1. The van der Waals surface area contributed by atoms with Crippen molar-refractivity contribution >= 4 is 46.5 Å². The van der Waals surface area contributed by atoms with E-state index in [0.717, 1.165) is 16.1 Å². The molecule has 0 bridgehead atoms. The Kier molecular flexibility index (Phi) is 5.31. The van der Waals surface area contributed by atoms with Gasteiger partial charge in [-0.05, 0) is 48.7 Å². The predicted molar refractivity (Wildman–Crippen MR) is 117 cm³/mol. The molecular weight excluding hydrogens is 441 g/mol. The lowest BCUT2D eigenvalue weighted by Gasteiger charge is -2.24. The van der Waals surface area contributed by atoms with Crippen LogP contribution in [-0.2, 0) is 6.42 Å². The lowest BCUT2D eigenvalue weighted by Crippen LogP contribution is -2.42. The highest BCUT2D eigenvalue weighted by Gasteiger charge is 2.26. The molecule has 4 rings (SSSR count). The first-order valence-electron chi connectivity index (χ1n) is 9.16. The molecular formula is C21H15Cl2N5O3. The van der Waals surface area contributed by atoms with Gasteiger partial charge < -0.3 is 15.4 Å². The van der Waals surface area contributed by atoms with Gasteiger partial charge in [0.25, 0.3) is 5.91 Å². The van der Waals surface area contributed by atoms with Crippen LogP contribution in [0.3, 0.4) is 0 Å². The topological polar surface area (TPSA) is 107 Å². The van der Waals surface area contributed by atoms with Crippen molar-refractivity contribution in [3.8, 4) is 17.6 Å². The molecule has 0 unspecified atom stereocenters. The van der Waals surface area contributed by atoms with Crippen molar-refractivity contribution in [2.24, 2.45) is 5.10 Å². The van der Waals surface area contributed by atoms with Crippen LogP contribution < -0.4 is 20.4 Å². The van der Waals surface area contributed by atoms with E-state index in [1.54, 1.807) is 12.1 Å². The number of hydrazone groups is 1. The molecule has 0 spiro atoms. The Balaban J connectivity index is 1.69. The van der Waals surface area contributed by atoms with Gasteiger partial charge in [0.2, 0.25) is 0 Å². The van der Waals surface area contributed by atoms with Crippen LogP contribution >= 0.6 is 23.2 Å². The quantitative estimate of drug-likeness (QED) is 0.718. The highest BCUT2D eigenvalue weighted by atomic mass is 35.5. The molecule has 2 heterocycles. The van der Waals surface area contributed by atoms with E-state index in [1.165, 1.54) is 12.1 Å². The maximum absolute atomic E-state index is 12.3. The molecule has 0 saturated carbocycles. The molecule has 0 fully saturated rings. The molecule has 2 aromatic carbocycles. The van der Waals surface area contributed by atoms with Gasteiger partial charge in [-0.25, -0.2) is 4.79 Å². The van der Waals surface area contributed by atoms with Gasteiger partial charge in [0.05, 0.1) is 21.4 Å². The summed E-state index contributed by atoms with van der Waals surface area (Å²) < 4.78 is 5.98. The smallest absolute Gasteiger partial charge is 0.347 e. The van der Waals surface area contributed by atoms with Crippen LogP contribution in [0.1, 0.15) is 21.5 Å². The molecule has 0 aliphatic carbocycles. The van der Waals surface area contributed by atoms with Crippen LogP contribution in [0.4, 0.5) is 10.5 Å². The molecule has 156 valence electrons. The largest absolute Gasteiger partial charge is 0.454 e. The highest BCUT2D eigenvalue weighted by Crippen LogP contribution is 2.41. The third-order valence-corrected chi connectivity index (χ3v) is 5.37. The van der Waals surface area contributed by atoms with Crippen LogP contribution in [0.15, 0.2) is 41.6 Å². The van der Waals surface area contributed by atoms with Crippen molar-refractivity contribution in [3.63, 3.8) is 0 Å². The number of benzene rings is 2. The third-order valence-electron chi connectivity index (χ3n) is 4.81. The molecule has 3 amide bonds. The molecule has 31 heavy (non-hydrogen) atoms. The minimum absolute atomic E-state index is 0.0408. The molecule has 2 aliphatic rings. The number of nitriles is 1. The zero-order chi connectivity index (χ0) is 22.3. The number of fused-ring (bicyclic) bond motifs is 1. The summed E-state index contributed by atoms with van der Waals surface area (Å²) in [5, 5.41) is 19.6. The standard InChI is InChI=1S/C21H15Cl2N5O3/c1-10-5-14-12(3-4-25-20(14)29)6-18(10)31-19-15(22)7-13(8-16(19)23)28-21(30)26-11(2)17(9-24)27-28/h5-8H,2-4H2,1H3,(H,25,29)(H,26,30). The van der Waals surface area contributed by atoms with Crippen LogP contribution in [0.25, 0.3) is 0 Å². The summed E-state index contributed by atoms with van der Waals surface area (Å²) in [6.45, 7) is 5.95. The number of carbonyl (C=O) groups excluding carboxylic acids is 2. The van der Waals surface area contributed by atoms with E-state index in [2.05, 4.69) is 22.3 Å². The van der Waals surface area contributed by atoms with E-state index < -0.39 is 6.03 Å². The van der Waals surface area contributed by atoms with Gasteiger partial charge in [-0.2, -0.15) is 15.4 Å². The summed E-state index contributed by atoms with van der Waals surface area (Å²) in [4.78, 5) is 24.3. The van der Waals surface area contributed by atoms with E-state index in [-0.39, 0.29) is 38.8 Å². The van der Waals surface area contributed by atoms with E-state index in [1.807, 2.05) is 13.0 Å². The molecule has 2 aliphatic heterocycles. The van der Waals surface area contributed by atoms with Crippen LogP contribution in [0, 0.1) is 18.3 Å². The monoisotopic (exact) mass is 455 g/mol. The van der Waals surface area contributed by atoms with Crippen molar-refractivity contribution in [3.05, 3.63) is 63.3 Å². The van der Waals surface area contributed by atoms with Crippen LogP contribution in [-0.4, -0.2) is 24.2 Å². The Bertz CT molecular complexity index is 1210. The summed E-state index contributed by atoms with van der Waals surface area (Å²) in [7, 11) is 0. The van der Waals surface area contributed by atoms with Crippen molar-refractivity contribution in [1.82, 2.24) is 10.6 Å². The second-order valence-corrected chi connectivity index (χ2v) is 7.72. The molecule has 2 aromatic rings. The average molecular weight is 456 g/mol. The van der Waals surface area contributed by atoms with Crippen molar-refractivity contribution < 1.29 is 14.3 Å². The number of carbonyl (C=O) groups is 2. The van der Waals surface area contributed by atoms with E-state index in [0.29, 0.717) is 24.3 Å². The first kappa shape index (κ1) is 20.7. The minimum atomic E-state index is -0.603. The number of anilines is 1. The number of hydrogen-bond acceptors (Lipinski definition) is 5. The maximum atomic E-state index is 12.3.